The Kier molecular flexibility index (Phi) is 5.50. The maximum Gasteiger partial charge on any atom is 0.259 e. The van der Waals surface area contributed by atoms with Crippen LogP contribution in [-0.4, -0.2) is 39.1 Å². The zero-order valence-corrected chi connectivity index (χ0v) is 16.6. The standard InChI is InChI=1S/C21H24N6O2/c1-14(18-7-3-4-10-22-18)24-20(28)17-6-5-11-27(13-17)19-9-8-16(12-23-19)21-25-15(2)26-29-21/h3-4,7-10,12,14,17H,5-6,11,13H2,1-2H3,(H,24,28)/t14-,17-/m1/s1. The Morgan fingerprint density at radius 3 is 2.86 bits per heavy atom. The second-order valence-electron chi connectivity index (χ2n) is 7.32. The molecule has 0 aliphatic carbocycles. The van der Waals surface area contributed by atoms with Gasteiger partial charge in [0.05, 0.1) is 23.2 Å². The van der Waals surface area contributed by atoms with E-state index in [-0.39, 0.29) is 17.9 Å². The summed E-state index contributed by atoms with van der Waals surface area (Å²) in [5, 5.41) is 6.90. The molecule has 1 N–H and O–H groups in total. The number of nitrogens with one attached hydrogen (secondary N) is 1. The van der Waals surface area contributed by atoms with Gasteiger partial charge in [-0.3, -0.25) is 9.78 Å². The number of nitrogens with zero attached hydrogens (tertiary/aromatic N) is 5. The first-order chi connectivity index (χ1) is 14.1. The lowest BCUT2D eigenvalue weighted by molar-refractivity contribution is -0.125. The molecular formula is C21H24N6O2. The molecule has 0 bridgehead atoms. The third kappa shape index (κ3) is 4.42. The van der Waals surface area contributed by atoms with Gasteiger partial charge in [-0.25, -0.2) is 4.98 Å². The topological polar surface area (TPSA) is 97.0 Å². The van der Waals surface area contributed by atoms with Gasteiger partial charge in [-0.1, -0.05) is 11.2 Å². The van der Waals surface area contributed by atoms with Crippen LogP contribution >= 0.6 is 0 Å². The minimum atomic E-state index is -0.116. The number of pyridine rings is 2. The number of rotatable bonds is 5. The van der Waals surface area contributed by atoms with Crippen LogP contribution in [0.25, 0.3) is 11.5 Å². The molecule has 3 aromatic heterocycles. The van der Waals surface area contributed by atoms with Crippen LogP contribution in [0.1, 0.15) is 37.3 Å². The molecule has 3 aromatic rings. The third-order valence-corrected chi connectivity index (χ3v) is 5.13. The predicted molar refractivity (Wildman–Crippen MR) is 108 cm³/mol. The van der Waals surface area contributed by atoms with Crippen LogP contribution in [0.2, 0.25) is 0 Å². The van der Waals surface area contributed by atoms with E-state index in [9.17, 15) is 4.79 Å². The van der Waals surface area contributed by atoms with Crippen molar-refractivity contribution in [2.45, 2.75) is 32.7 Å². The summed E-state index contributed by atoms with van der Waals surface area (Å²) in [5.41, 5.74) is 1.65. The molecule has 29 heavy (non-hydrogen) atoms. The first kappa shape index (κ1) is 19.0. The fourth-order valence-corrected chi connectivity index (χ4v) is 3.55. The number of hydrogen-bond donors (Lipinski definition) is 1. The van der Waals surface area contributed by atoms with Crippen LogP contribution in [0.4, 0.5) is 5.82 Å². The van der Waals surface area contributed by atoms with Crippen LogP contribution in [0.15, 0.2) is 47.2 Å². The Balaban J connectivity index is 1.39. The second-order valence-corrected chi connectivity index (χ2v) is 7.32. The normalized spacial score (nSPS) is 17.7. The smallest absolute Gasteiger partial charge is 0.259 e. The first-order valence-electron chi connectivity index (χ1n) is 9.83. The number of piperidine rings is 1. The van der Waals surface area contributed by atoms with Gasteiger partial charge >= 0.3 is 0 Å². The van der Waals surface area contributed by atoms with Gasteiger partial charge < -0.3 is 14.7 Å². The molecule has 1 amide bonds. The van der Waals surface area contributed by atoms with Crippen molar-refractivity contribution in [3.63, 3.8) is 0 Å². The van der Waals surface area contributed by atoms with E-state index in [1.54, 1.807) is 19.3 Å². The highest BCUT2D eigenvalue weighted by Gasteiger charge is 2.27. The van der Waals surface area contributed by atoms with Gasteiger partial charge in [-0.15, -0.1) is 0 Å². The summed E-state index contributed by atoms with van der Waals surface area (Å²) in [4.78, 5) is 28.0. The molecule has 1 aliphatic heterocycles. The van der Waals surface area contributed by atoms with E-state index in [2.05, 4.69) is 30.3 Å². The monoisotopic (exact) mass is 392 g/mol. The molecule has 0 saturated carbocycles. The largest absolute Gasteiger partial charge is 0.356 e. The molecule has 0 radical (unpaired) electrons. The predicted octanol–water partition coefficient (Wildman–Crippen LogP) is 2.93. The number of aryl methyl sites for hydroxylation is 1. The van der Waals surface area contributed by atoms with Crippen LogP contribution in [-0.2, 0) is 4.79 Å². The van der Waals surface area contributed by atoms with Crippen LogP contribution in [0.3, 0.4) is 0 Å². The molecule has 8 heteroatoms. The molecule has 150 valence electrons. The highest BCUT2D eigenvalue weighted by Crippen LogP contribution is 2.24. The SMILES string of the molecule is Cc1noc(-c2ccc(N3CCC[C@@H](C(=O)N[C@H](C)c4ccccn4)C3)nc2)n1. The lowest BCUT2D eigenvalue weighted by Crippen LogP contribution is -2.44. The number of carbonyl (C=O) groups is 1. The Bertz CT molecular complexity index is 957. The quantitative estimate of drug-likeness (QED) is 0.713. The van der Waals surface area contributed by atoms with Crippen molar-refractivity contribution in [2.24, 2.45) is 5.92 Å². The van der Waals surface area contributed by atoms with Gasteiger partial charge in [-0.2, -0.15) is 4.98 Å². The van der Waals surface area contributed by atoms with Gasteiger partial charge in [-0.05, 0) is 51.0 Å². The van der Waals surface area contributed by atoms with Gasteiger partial charge in [0, 0.05) is 25.5 Å². The molecule has 1 saturated heterocycles. The van der Waals surface area contributed by atoms with Crippen molar-refractivity contribution in [1.29, 1.82) is 0 Å². The summed E-state index contributed by atoms with van der Waals surface area (Å²) in [6, 6.07) is 9.46. The fourth-order valence-electron chi connectivity index (χ4n) is 3.55. The van der Waals surface area contributed by atoms with Gasteiger partial charge in [0.1, 0.15) is 5.82 Å². The summed E-state index contributed by atoms with van der Waals surface area (Å²) < 4.78 is 5.18. The zero-order valence-electron chi connectivity index (χ0n) is 16.6. The Hall–Kier alpha value is -3.29. The van der Waals surface area contributed by atoms with Crippen molar-refractivity contribution in [3.05, 3.63) is 54.2 Å². The molecule has 1 aliphatic rings. The van der Waals surface area contributed by atoms with Crippen molar-refractivity contribution in [3.8, 4) is 11.5 Å². The average Bonchev–Trinajstić information content (AvgIpc) is 3.21. The summed E-state index contributed by atoms with van der Waals surface area (Å²) in [5.74, 6) is 1.89. The molecule has 0 unspecified atom stereocenters. The fraction of sp³-hybridized carbons (Fsp3) is 0.381. The Labute approximate surface area is 169 Å². The van der Waals surface area contributed by atoms with E-state index in [1.807, 2.05) is 37.3 Å². The number of carbonyl (C=O) groups excluding carboxylic acids is 1. The highest BCUT2D eigenvalue weighted by atomic mass is 16.5. The number of anilines is 1. The van der Waals surface area contributed by atoms with Crippen molar-refractivity contribution >= 4 is 11.7 Å². The average molecular weight is 392 g/mol. The minimum absolute atomic E-state index is 0.0609. The van der Waals surface area contributed by atoms with Crippen LogP contribution in [0.5, 0.6) is 0 Å². The van der Waals surface area contributed by atoms with Crippen molar-refractivity contribution in [1.82, 2.24) is 25.4 Å². The van der Waals surface area contributed by atoms with E-state index < -0.39 is 0 Å². The summed E-state index contributed by atoms with van der Waals surface area (Å²) >= 11 is 0. The van der Waals surface area contributed by atoms with Crippen LogP contribution in [0, 0.1) is 12.8 Å². The molecule has 4 rings (SSSR count). The number of amides is 1. The van der Waals surface area contributed by atoms with Crippen molar-refractivity contribution in [2.75, 3.05) is 18.0 Å². The molecule has 1 fully saturated rings. The summed E-state index contributed by atoms with van der Waals surface area (Å²) in [6.45, 7) is 5.27. The van der Waals surface area contributed by atoms with E-state index in [0.717, 1.165) is 36.5 Å². The molecule has 8 nitrogen and oxygen atoms in total. The lowest BCUT2D eigenvalue weighted by atomic mass is 9.96. The maximum absolute atomic E-state index is 12.8. The molecule has 4 heterocycles. The van der Waals surface area contributed by atoms with Gasteiger partial charge in [0.25, 0.3) is 5.89 Å². The lowest BCUT2D eigenvalue weighted by Gasteiger charge is -2.33. The molecular weight excluding hydrogens is 368 g/mol. The summed E-state index contributed by atoms with van der Waals surface area (Å²) in [7, 11) is 0. The molecule has 2 atom stereocenters. The van der Waals surface area contributed by atoms with E-state index in [0.29, 0.717) is 18.3 Å². The Morgan fingerprint density at radius 2 is 2.17 bits per heavy atom. The number of hydrogen-bond acceptors (Lipinski definition) is 7. The highest BCUT2D eigenvalue weighted by molar-refractivity contribution is 5.80. The number of aromatic nitrogens is 4. The molecule has 0 spiro atoms. The van der Waals surface area contributed by atoms with E-state index >= 15 is 0 Å². The van der Waals surface area contributed by atoms with E-state index in [4.69, 9.17) is 4.52 Å². The zero-order chi connectivity index (χ0) is 20.2. The van der Waals surface area contributed by atoms with Crippen molar-refractivity contribution < 1.29 is 9.32 Å². The minimum Gasteiger partial charge on any atom is -0.356 e. The second kappa shape index (κ2) is 8.38. The summed E-state index contributed by atoms with van der Waals surface area (Å²) in [6.07, 6.45) is 5.29. The Morgan fingerprint density at radius 1 is 1.28 bits per heavy atom. The first-order valence-corrected chi connectivity index (χ1v) is 9.83. The maximum atomic E-state index is 12.8. The molecule has 0 aromatic carbocycles. The van der Waals surface area contributed by atoms with Gasteiger partial charge in [0.2, 0.25) is 5.91 Å². The third-order valence-electron chi connectivity index (χ3n) is 5.13. The van der Waals surface area contributed by atoms with Gasteiger partial charge in [0.15, 0.2) is 5.82 Å². The van der Waals surface area contributed by atoms with E-state index in [1.165, 1.54) is 0 Å². The van der Waals surface area contributed by atoms with Crippen LogP contribution < -0.4 is 10.2 Å².